The Bertz CT molecular complexity index is 1970. The van der Waals surface area contributed by atoms with E-state index in [1.807, 2.05) is 0 Å². The van der Waals surface area contributed by atoms with E-state index in [4.69, 9.17) is 14.2 Å². The number of carboxylic acid groups (broad SMARTS) is 1. The Hall–Kier alpha value is -4.86. The molecule has 0 aromatic heterocycles. The van der Waals surface area contributed by atoms with Gasteiger partial charge in [-0.2, -0.15) is 0 Å². The number of amides is 4. The summed E-state index contributed by atoms with van der Waals surface area (Å²) in [6, 6.07) is 0.105. The number of alkyl carbamates (subject to hydrolysis) is 2. The van der Waals surface area contributed by atoms with Gasteiger partial charge in [-0.05, 0) is 84.6 Å². The van der Waals surface area contributed by atoms with Crippen molar-refractivity contribution in [2.45, 2.75) is 108 Å². The van der Waals surface area contributed by atoms with Crippen molar-refractivity contribution in [1.29, 1.82) is 0 Å². The van der Waals surface area contributed by atoms with Crippen molar-refractivity contribution >= 4 is 59.5 Å². The van der Waals surface area contributed by atoms with Crippen LogP contribution >= 0.6 is 23.5 Å². The molecule has 2 fully saturated rings. The molecule has 0 bridgehead atoms. The van der Waals surface area contributed by atoms with E-state index in [0.29, 0.717) is 42.3 Å². The third-order valence-electron chi connectivity index (χ3n) is 8.52. The third kappa shape index (κ3) is 16.1. The summed E-state index contributed by atoms with van der Waals surface area (Å²) in [4.78, 5) is 75.9. The summed E-state index contributed by atoms with van der Waals surface area (Å²) in [7, 11) is 0. The number of halogens is 6. The maximum atomic E-state index is 14.2. The maximum absolute atomic E-state index is 14.2. The van der Waals surface area contributed by atoms with Crippen LogP contribution in [0, 0.1) is 34.9 Å². The van der Waals surface area contributed by atoms with E-state index in [1.54, 1.807) is 48.5 Å². The molecule has 4 amide bonds. The number of ether oxygens (including phenoxy) is 3. The lowest BCUT2D eigenvalue weighted by molar-refractivity contribution is -0.150. The van der Waals surface area contributed by atoms with E-state index in [1.165, 1.54) is 16.7 Å². The zero-order valence-electron chi connectivity index (χ0n) is 35.1. The number of rotatable bonds is 13. The Balaban J connectivity index is 0.000000331. The van der Waals surface area contributed by atoms with E-state index >= 15 is 0 Å². The van der Waals surface area contributed by atoms with Crippen LogP contribution in [0.15, 0.2) is 24.3 Å². The highest BCUT2D eigenvalue weighted by atomic mass is 32.2. The number of carbonyl (C=O) groups is 6. The van der Waals surface area contributed by atoms with Crippen LogP contribution in [0.2, 0.25) is 0 Å². The quantitative estimate of drug-likeness (QED) is 0.0884. The monoisotopic (exact) mass is 924 g/mol. The van der Waals surface area contributed by atoms with E-state index < -0.39 is 105 Å². The fourth-order valence-electron chi connectivity index (χ4n) is 5.99. The molecule has 344 valence electrons. The van der Waals surface area contributed by atoms with Gasteiger partial charge in [-0.25, -0.2) is 45.5 Å². The Morgan fingerprint density at radius 2 is 1.03 bits per heavy atom. The Labute approximate surface area is 363 Å². The summed E-state index contributed by atoms with van der Waals surface area (Å²) in [6.07, 6.45) is -3.04. The molecule has 4 atom stereocenters. The maximum Gasteiger partial charge on any atom is 0.407 e. The van der Waals surface area contributed by atoms with Gasteiger partial charge in [0, 0.05) is 61.7 Å². The van der Waals surface area contributed by atoms with Crippen molar-refractivity contribution < 1.29 is 74.4 Å². The molecule has 0 aliphatic carbocycles. The molecule has 2 saturated heterocycles. The van der Waals surface area contributed by atoms with Crippen LogP contribution in [0.5, 0.6) is 0 Å². The lowest BCUT2D eigenvalue weighted by Crippen LogP contribution is -2.46. The van der Waals surface area contributed by atoms with Gasteiger partial charge in [0.2, 0.25) is 11.8 Å². The highest BCUT2D eigenvalue weighted by Gasteiger charge is 2.38. The average Bonchev–Trinajstić information content (AvgIpc) is 3.83. The molecule has 14 nitrogen and oxygen atoms in total. The van der Waals surface area contributed by atoms with E-state index in [-0.39, 0.29) is 50.0 Å². The van der Waals surface area contributed by atoms with Crippen molar-refractivity contribution in [3.63, 3.8) is 0 Å². The molecule has 22 heteroatoms. The Morgan fingerprint density at radius 1 is 0.661 bits per heavy atom. The van der Waals surface area contributed by atoms with Gasteiger partial charge in [-0.3, -0.25) is 9.59 Å². The molecule has 2 aliphatic rings. The number of nitrogens with zero attached hydrogens (tertiary/aromatic N) is 2. The van der Waals surface area contributed by atoms with Crippen molar-refractivity contribution in [3.8, 4) is 0 Å². The first-order valence-electron chi connectivity index (χ1n) is 19.3. The number of carboxylic acids is 1. The molecule has 2 aromatic rings. The zero-order valence-corrected chi connectivity index (χ0v) is 36.7. The second kappa shape index (κ2) is 22.5. The van der Waals surface area contributed by atoms with Gasteiger partial charge in [0.1, 0.15) is 22.8 Å². The van der Waals surface area contributed by atoms with Gasteiger partial charge in [-0.15, -0.1) is 23.5 Å². The molecule has 2 aromatic carbocycles. The average molecular weight is 925 g/mol. The number of benzene rings is 2. The zero-order chi connectivity index (χ0) is 46.7. The van der Waals surface area contributed by atoms with E-state index in [0.717, 1.165) is 16.7 Å². The molecule has 0 spiro atoms. The van der Waals surface area contributed by atoms with Crippen molar-refractivity contribution in [2.75, 3.05) is 31.2 Å². The molecule has 0 radical (unpaired) electrons. The minimum absolute atomic E-state index is 0.163. The number of hydrogen-bond acceptors (Lipinski definition) is 11. The van der Waals surface area contributed by atoms with Gasteiger partial charge in [-0.1, -0.05) is 0 Å². The molecule has 2 heterocycles. The predicted octanol–water partition coefficient (Wildman–Crippen LogP) is 6.31. The summed E-state index contributed by atoms with van der Waals surface area (Å²) in [5, 5.41) is 12.3. The van der Waals surface area contributed by atoms with Crippen molar-refractivity contribution in [2.24, 2.45) is 0 Å². The Kier molecular flexibility index (Phi) is 18.7. The molecule has 0 unspecified atom stereocenters. The predicted molar refractivity (Wildman–Crippen MR) is 216 cm³/mol. The molecule has 4 rings (SSSR count). The summed E-state index contributed by atoms with van der Waals surface area (Å²) >= 11 is 2.34. The summed E-state index contributed by atoms with van der Waals surface area (Å²) in [6.45, 7) is 12.1. The Morgan fingerprint density at radius 3 is 1.40 bits per heavy atom. The lowest BCUT2D eigenvalue weighted by atomic mass is 10.0. The van der Waals surface area contributed by atoms with Gasteiger partial charge >= 0.3 is 24.1 Å². The van der Waals surface area contributed by atoms with Crippen LogP contribution in [0.3, 0.4) is 0 Å². The standard InChI is InChI=1S/C21H27F3N2O5S.C19H23F3N2O5S/c1-5-30-19(28)18-26(6-7-32-18)17(27)10-13(25-20(29)31-21(2,3)4)8-12-9-15(23)16(24)11-14(12)22;1-19(2,3)29-18(28)23-11(6-10-7-13(21)14(22)9-12(10)20)8-15(25)24-4-5-30-16(24)17(26)27/h9,11,13,18H,5-8,10H2,1-4H3,(H,25,29);7,9,11,16H,4-6,8H2,1-3H3,(H,23,28)(H,26,27)/t13-,18-;11-,16-/m11/s1. The third-order valence-corrected chi connectivity index (χ3v) is 10.9. The van der Waals surface area contributed by atoms with Crippen LogP contribution in [0.25, 0.3) is 0 Å². The number of hydrogen-bond donors (Lipinski definition) is 3. The molecular weight excluding hydrogens is 875 g/mol. The van der Waals surface area contributed by atoms with Crippen LogP contribution in [-0.2, 0) is 46.2 Å². The minimum Gasteiger partial charge on any atom is -0.479 e. The second-order valence-electron chi connectivity index (χ2n) is 15.9. The number of thioether (sulfide) groups is 2. The molecule has 62 heavy (non-hydrogen) atoms. The van der Waals surface area contributed by atoms with Crippen molar-refractivity contribution in [3.05, 3.63) is 70.3 Å². The van der Waals surface area contributed by atoms with Crippen LogP contribution < -0.4 is 10.6 Å². The number of carbonyl (C=O) groups excluding carboxylic acids is 5. The number of nitrogens with one attached hydrogen (secondary N) is 2. The first kappa shape index (κ1) is 51.5. The largest absolute Gasteiger partial charge is 0.479 e. The van der Waals surface area contributed by atoms with Crippen LogP contribution in [-0.4, -0.2) is 116 Å². The number of esters is 1. The highest BCUT2D eigenvalue weighted by Crippen LogP contribution is 2.28. The fraction of sp³-hybridized carbons (Fsp3) is 0.550. The fourth-order valence-corrected chi connectivity index (χ4v) is 8.19. The normalized spacial score (nSPS) is 17.3. The smallest absolute Gasteiger partial charge is 0.407 e. The van der Waals surface area contributed by atoms with Crippen molar-refractivity contribution in [1.82, 2.24) is 20.4 Å². The van der Waals surface area contributed by atoms with E-state index in [9.17, 15) is 60.2 Å². The number of aliphatic carboxylic acids is 1. The van der Waals surface area contributed by atoms with Gasteiger partial charge in [0.25, 0.3) is 0 Å². The SMILES string of the molecule is CC(C)(C)OC(=O)N[C@@H](CC(=O)N1CCS[C@@H]1C(=O)O)Cc1cc(F)c(F)cc1F.CCOC(=O)[C@H]1SCCN1C(=O)C[C@@H](Cc1cc(F)c(F)cc1F)NC(=O)OC(C)(C)C. The summed E-state index contributed by atoms with van der Waals surface area (Å²) in [5.41, 5.74) is -2.12. The van der Waals surface area contributed by atoms with Gasteiger partial charge in [0.15, 0.2) is 34.0 Å². The second-order valence-corrected chi connectivity index (χ2v) is 18.3. The molecule has 0 saturated carbocycles. The summed E-state index contributed by atoms with van der Waals surface area (Å²) in [5.74, 6) is -9.06. The first-order chi connectivity index (χ1) is 28.8. The lowest BCUT2D eigenvalue weighted by Gasteiger charge is -2.27. The highest BCUT2D eigenvalue weighted by molar-refractivity contribution is 8.01. The molecule has 2 aliphatic heterocycles. The topological polar surface area (TPSA) is 181 Å². The minimum atomic E-state index is -1.36. The summed E-state index contributed by atoms with van der Waals surface area (Å²) < 4.78 is 97.3. The van der Waals surface area contributed by atoms with Crippen LogP contribution in [0.1, 0.15) is 72.4 Å². The van der Waals surface area contributed by atoms with Gasteiger partial charge in [0.05, 0.1) is 6.61 Å². The molecular formula is C40H50F6N4O10S2. The first-order valence-corrected chi connectivity index (χ1v) is 21.4. The van der Waals surface area contributed by atoms with E-state index in [2.05, 4.69) is 10.6 Å². The van der Waals surface area contributed by atoms with Crippen LogP contribution in [0.4, 0.5) is 35.9 Å². The van der Waals surface area contributed by atoms with Gasteiger partial charge < -0.3 is 39.8 Å². The molecule has 3 N–H and O–H groups in total.